The van der Waals surface area contributed by atoms with Gasteiger partial charge in [-0.1, -0.05) is 30.3 Å². The lowest BCUT2D eigenvalue weighted by atomic mass is 10.1. The van der Waals surface area contributed by atoms with Gasteiger partial charge in [0.15, 0.2) is 11.5 Å². The largest absolute Gasteiger partial charge is 0.497 e. The quantitative estimate of drug-likeness (QED) is 0.592. The van der Waals surface area contributed by atoms with Crippen molar-refractivity contribution in [1.82, 2.24) is 10.5 Å². The van der Waals surface area contributed by atoms with Gasteiger partial charge in [0.05, 0.1) is 26.3 Å². The third kappa shape index (κ3) is 4.78. The third-order valence-corrected chi connectivity index (χ3v) is 4.50. The van der Waals surface area contributed by atoms with Gasteiger partial charge >= 0.3 is 0 Å². The zero-order valence-electron chi connectivity index (χ0n) is 17.0. The van der Waals surface area contributed by atoms with Crippen LogP contribution in [-0.2, 0) is 11.2 Å². The number of aromatic nitrogens is 1. The number of hydrogen-bond acceptors (Lipinski definition) is 6. The number of rotatable bonds is 8. The van der Waals surface area contributed by atoms with Crippen molar-refractivity contribution in [2.24, 2.45) is 0 Å². The van der Waals surface area contributed by atoms with E-state index in [0.29, 0.717) is 22.8 Å². The van der Waals surface area contributed by atoms with E-state index in [1.807, 2.05) is 31.2 Å². The molecule has 0 unspecified atom stereocenters. The van der Waals surface area contributed by atoms with Crippen molar-refractivity contribution < 1.29 is 23.6 Å². The van der Waals surface area contributed by atoms with Gasteiger partial charge in [-0.05, 0) is 36.2 Å². The molecule has 0 spiro atoms. The van der Waals surface area contributed by atoms with Gasteiger partial charge in [-0.2, -0.15) is 0 Å². The second kappa shape index (κ2) is 9.60. The molecular weight excluding hydrogens is 386 g/mol. The first-order chi connectivity index (χ1) is 14.5. The minimum absolute atomic E-state index is 0.0524. The van der Waals surface area contributed by atoms with Gasteiger partial charge in [0.25, 0.3) is 5.91 Å². The molecule has 2 amide bonds. The Kier molecular flexibility index (Phi) is 6.69. The molecule has 0 aliphatic rings. The topological polar surface area (TPSA) is 103 Å². The van der Waals surface area contributed by atoms with Crippen LogP contribution in [0.15, 0.2) is 53.1 Å². The fourth-order valence-electron chi connectivity index (χ4n) is 2.91. The highest BCUT2D eigenvalue weighted by Gasteiger charge is 2.18. The average molecular weight is 409 g/mol. The molecule has 0 radical (unpaired) electrons. The van der Waals surface area contributed by atoms with Crippen LogP contribution in [-0.4, -0.2) is 37.7 Å². The molecule has 0 bridgehead atoms. The summed E-state index contributed by atoms with van der Waals surface area (Å²) >= 11 is 0. The van der Waals surface area contributed by atoms with Crippen LogP contribution in [0.2, 0.25) is 0 Å². The number of benzene rings is 2. The number of nitrogens with zero attached hydrogens (tertiary/aromatic N) is 1. The standard InChI is InChI=1S/C22H23N3O5/c1-4-14-7-5-6-8-17(14)24-21(26)13-23-22(27)18-12-20(30-25-18)16-11-15(28-2)9-10-19(16)29-3/h5-12H,4,13H2,1-3H3,(H,23,27)(H,24,26). The Morgan fingerprint density at radius 2 is 1.87 bits per heavy atom. The summed E-state index contributed by atoms with van der Waals surface area (Å²) in [5.41, 5.74) is 2.40. The minimum Gasteiger partial charge on any atom is -0.497 e. The third-order valence-electron chi connectivity index (χ3n) is 4.50. The number of amides is 2. The molecule has 156 valence electrons. The number of methoxy groups -OCH3 is 2. The molecule has 3 rings (SSSR count). The molecule has 8 nitrogen and oxygen atoms in total. The van der Waals surface area contributed by atoms with Gasteiger partial charge in [0, 0.05) is 11.8 Å². The number of para-hydroxylation sites is 1. The van der Waals surface area contributed by atoms with E-state index in [1.165, 1.54) is 13.2 Å². The summed E-state index contributed by atoms with van der Waals surface area (Å²) < 4.78 is 15.8. The number of ether oxygens (including phenoxy) is 2. The van der Waals surface area contributed by atoms with Crippen LogP contribution < -0.4 is 20.1 Å². The Morgan fingerprint density at radius 3 is 2.60 bits per heavy atom. The lowest BCUT2D eigenvalue weighted by molar-refractivity contribution is -0.115. The molecule has 0 fully saturated rings. The summed E-state index contributed by atoms with van der Waals surface area (Å²) in [6.45, 7) is 1.81. The van der Waals surface area contributed by atoms with Crippen molar-refractivity contribution >= 4 is 17.5 Å². The molecule has 0 saturated carbocycles. The lowest BCUT2D eigenvalue weighted by Crippen LogP contribution is -2.33. The highest BCUT2D eigenvalue weighted by atomic mass is 16.5. The van der Waals surface area contributed by atoms with Gasteiger partial charge in [0.1, 0.15) is 11.5 Å². The first kappa shape index (κ1) is 20.9. The summed E-state index contributed by atoms with van der Waals surface area (Å²) in [6, 6.07) is 14.2. The number of carbonyl (C=O) groups is 2. The first-order valence-electron chi connectivity index (χ1n) is 9.40. The first-order valence-corrected chi connectivity index (χ1v) is 9.40. The van der Waals surface area contributed by atoms with Crippen LogP contribution in [0.25, 0.3) is 11.3 Å². The molecule has 1 heterocycles. The monoisotopic (exact) mass is 409 g/mol. The normalized spacial score (nSPS) is 10.4. The van der Waals surface area contributed by atoms with Crippen molar-refractivity contribution in [2.75, 3.05) is 26.1 Å². The van der Waals surface area contributed by atoms with E-state index >= 15 is 0 Å². The van der Waals surface area contributed by atoms with E-state index in [1.54, 1.807) is 25.3 Å². The summed E-state index contributed by atoms with van der Waals surface area (Å²) in [5.74, 6) is 0.649. The smallest absolute Gasteiger partial charge is 0.273 e. The molecule has 0 aliphatic heterocycles. The van der Waals surface area contributed by atoms with E-state index in [4.69, 9.17) is 14.0 Å². The van der Waals surface area contributed by atoms with Crippen LogP contribution in [0.1, 0.15) is 23.0 Å². The predicted octanol–water partition coefficient (Wildman–Crippen LogP) is 3.29. The SMILES string of the molecule is CCc1ccccc1NC(=O)CNC(=O)c1cc(-c2cc(OC)ccc2OC)on1. The maximum atomic E-state index is 12.4. The van der Waals surface area contributed by atoms with Gasteiger partial charge in [-0.15, -0.1) is 0 Å². The van der Waals surface area contributed by atoms with E-state index in [-0.39, 0.29) is 18.1 Å². The summed E-state index contributed by atoms with van der Waals surface area (Å²) in [7, 11) is 3.08. The molecular formula is C22H23N3O5. The van der Waals surface area contributed by atoms with E-state index in [9.17, 15) is 9.59 Å². The van der Waals surface area contributed by atoms with Crippen molar-refractivity contribution in [3.63, 3.8) is 0 Å². The van der Waals surface area contributed by atoms with Crippen LogP contribution in [0.3, 0.4) is 0 Å². The van der Waals surface area contributed by atoms with Crippen molar-refractivity contribution in [3.8, 4) is 22.8 Å². The minimum atomic E-state index is -0.522. The molecule has 30 heavy (non-hydrogen) atoms. The second-order valence-electron chi connectivity index (χ2n) is 6.38. The highest BCUT2D eigenvalue weighted by molar-refractivity contribution is 5.99. The Bertz CT molecular complexity index is 1040. The summed E-state index contributed by atoms with van der Waals surface area (Å²) in [6.07, 6.45) is 0.790. The van der Waals surface area contributed by atoms with Gasteiger partial charge in [-0.25, -0.2) is 0 Å². The van der Waals surface area contributed by atoms with E-state index in [0.717, 1.165) is 17.7 Å². The molecule has 1 aromatic heterocycles. The van der Waals surface area contributed by atoms with Crippen LogP contribution in [0.4, 0.5) is 5.69 Å². The molecule has 2 aromatic carbocycles. The zero-order chi connectivity index (χ0) is 21.5. The summed E-state index contributed by atoms with van der Waals surface area (Å²) in [4.78, 5) is 24.6. The molecule has 0 atom stereocenters. The van der Waals surface area contributed by atoms with E-state index < -0.39 is 5.91 Å². The van der Waals surface area contributed by atoms with Crippen molar-refractivity contribution in [3.05, 3.63) is 59.8 Å². The predicted molar refractivity (Wildman–Crippen MR) is 112 cm³/mol. The second-order valence-corrected chi connectivity index (χ2v) is 6.38. The van der Waals surface area contributed by atoms with Crippen LogP contribution in [0.5, 0.6) is 11.5 Å². The van der Waals surface area contributed by atoms with Crippen LogP contribution in [0, 0.1) is 0 Å². The highest BCUT2D eigenvalue weighted by Crippen LogP contribution is 2.33. The average Bonchev–Trinajstić information content (AvgIpc) is 3.27. The number of carbonyl (C=O) groups excluding carboxylic acids is 2. The molecule has 0 saturated heterocycles. The van der Waals surface area contributed by atoms with Crippen molar-refractivity contribution in [2.45, 2.75) is 13.3 Å². The van der Waals surface area contributed by atoms with E-state index in [2.05, 4.69) is 15.8 Å². The van der Waals surface area contributed by atoms with Gasteiger partial charge < -0.3 is 24.6 Å². The molecule has 8 heteroatoms. The fourth-order valence-corrected chi connectivity index (χ4v) is 2.91. The Hall–Kier alpha value is -3.81. The van der Waals surface area contributed by atoms with Crippen molar-refractivity contribution in [1.29, 1.82) is 0 Å². The maximum Gasteiger partial charge on any atom is 0.273 e. The molecule has 0 aliphatic carbocycles. The van der Waals surface area contributed by atoms with Gasteiger partial charge in [-0.3, -0.25) is 9.59 Å². The Morgan fingerprint density at radius 1 is 1.07 bits per heavy atom. The zero-order valence-corrected chi connectivity index (χ0v) is 17.0. The number of anilines is 1. The van der Waals surface area contributed by atoms with Gasteiger partial charge in [0.2, 0.25) is 5.91 Å². The Balaban J connectivity index is 1.65. The molecule has 2 N–H and O–H groups in total. The van der Waals surface area contributed by atoms with Crippen LogP contribution >= 0.6 is 0 Å². The Labute approximate surface area is 174 Å². The number of nitrogens with one attached hydrogen (secondary N) is 2. The summed E-state index contributed by atoms with van der Waals surface area (Å²) in [5, 5.41) is 9.14. The maximum absolute atomic E-state index is 12.4. The lowest BCUT2D eigenvalue weighted by Gasteiger charge is -2.09. The number of hydrogen-bond donors (Lipinski definition) is 2. The fraction of sp³-hybridized carbons (Fsp3) is 0.227. The molecule has 3 aromatic rings. The number of aryl methyl sites for hydroxylation is 1.